The highest BCUT2D eigenvalue weighted by molar-refractivity contribution is 5.68. The van der Waals surface area contributed by atoms with Crippen LogP contribution < -0.4 is 5.32 Å². The van der Waals surface area contributed by atoms with Crippen molar-refractivity contribution in [3.8, 4) is 0 Å². The molecule has 0 spiro atoms. The van der Waals surface area contributed by atoms with Crippen LogP contribution in [0, 0.1) is 0 Å². The second-order valence-corrected chi connectivity index (χ2v) is 9.57. The molecule has 1 N–H and O–H groups in total. The first-order valence-electron chi connectivity index (χ1n) is 10.7. The maximum atomic E-state index is 12.2. The van der Waals surface area contributed by atoms with E-state index >= 15 is 0 Å². The molecule has 1 aliphatic rings. The molecule has 164 valence electrons. The second-order valence-electron chi connectivity index (χ2n) is 9.57. The molecule has 30 heavy (non-hydrogen) atoms. The van der Waals surface area contributed by atoms with E-state index in [4.69, 9.17) is 9.26 Å². The standard InChI is InChI=1S/C23H34N4O3/c1-22(2,3)29-21(28)25-23(4,5)20-24-19(30-26-20)16-27-14-10-9-13-18(27)15-17-11-7-6-8-12-17/h6-8,11-12,18H,9-10,13-16H2,1-5H3,(H,25,28). The van der Waals surface area contributed by atoms with Gasteiger partial charge in [-0.1, -0.05) is 41.9 Å². The van der Waals surface area contributed by atoms with Gasteiger partial charge in [0.05, 0.1) is 6.54 Å². The summed E-state index contributed by atoms with van der Waals surface area (Å²) in [7, 11) is 0. The molecule has 1 aromatic heterocycles. The Balaban J connectivity index is 1.63. The van der Waals surface area contributed by atoms with Crippen LogP contribution in [0.1, 0.15) is 71.2 Å². The van der Waals surface area contributed by atoms with E-state index in [1.165, 1.54) is 24.8 Å². The van der Waals surface area contributed by atoms with E-state index in [1.807, 2.05) is 34.6 Å². The van der Waals surface area contributed by atoms with Crippen molar-refractivity contribution in [3.63, 3.8) is 0 Å². The average molecular weight is 415 g/mol. The Kier molecular flexibility index (Phi) is 6.81. The molecular formula is C23H34N4O3. The molecule has 0 radical (unpaired) electrons. The lowest BCUT2D eigenvalue weighted by Crippen LogP contribution is -2.44. The number of benzene rings is 1. The number of nitrogens with one attached hydrogen (secondary N) is 1. The molecule has 3 rings (SSSR count). The Labute approximate surface area is 179 Å². The molecular weight excluding hydrogens is 380 g/mol. The van der Waals surface area contributed by atoms with Gasteiger partial charge in [0.15, 0.2) is 5.82 Å². The lowest BCUT2D eigenvalue weighted by molar-refractivity contribution is 0.0465. The van der Waals surface area contributed by atoms with Crippen LogP contribution in [-0.2, 0) is 23.2 Å². The fraction of sp³-hybridized carbons (Fsp3) is 0.609. The molecule has 1 unspecified atom stereocenters. The molecule has 2 heterocycles. The molecule has 0 saturated carbocycles. The minimum atomic E-state index is -0.796. The van der Waals surface area contributed by atoms with Crippen LogP contribution in [0.3, 0.4) is 0 Å². The van der Waals surface area contributed by atoms with Crippen molar-refractivity contribution in [3.05, 3.63) is 47.6 Å². The molecule has 1 fully saturated rings. The van der Waals surface area contributed by atoms with Gasteiger partial charge in [0.2, 0.25) is 5.89 Å². The predicted molar refractivity (Wildman–Crippen MR) is 115 cm³/mol. The number of ether oxygens (including phenoxy) is 1. The molecule has 1 aromatic carbocycles. The monoisotopic (exact) mass is 414 g/mol. The van der Waals surface area contributed by atoms with Gasteiger partial charge in [0, 0.05) is 6.04 Å². The number of alkyl carbamates (subject to hydrolysis) is 1. The van der Waals surface area contributed by atoms with Crippen LogP contribution in [0.15, 0.2) is 34.9 Å². The summed E-state index contributed by atoms with van der Waals surface area (Å²) < 4.78 is 10.9. The zero-order valence-corrected chi connectivity index (χ0v) is 18.8. The molecule has 0 bridgehead atoms. The fourth-order valence-corrected chi connectivity index (χ4v) is 3.75. The van der Waals surface area contributed by atoms with E-state index in [0.29, 0.717) is 24.3 Å². The van der Waals surface area contributed by atoms with E-state index in [9.17, 15) is 4.79 Å². The van der Waals surface area contributed by atoms with Crippen molar-refractivity contribution in [1.82, 2.24) is 20.4 Å². The zero-order chi connectivity index (χ0) is 21.8. The molecule has 7 nitrogen and oxygen atoms in total. The summed E-state index contributed by atoms with van der Waals surface area (Å²) >= 11 is 0. The van der Waals surface area contributed by atoms with Crippen molar-refractivity contribution in [1.29, 1.82) is 0 Å². The van der Waals surface area contributed by atoms with Crippen molar-refractivity contribution in [2.75, 3.05) is 6.54 Å². The number of amides is 1. The van der Waals surface area contributed by atoms with Crippen LogP contribution >= 0.6 is 0 Å². The quantitative estimate of drug-likeness (QED) is 0.753. The van der Waals surface area contributed by atoms with Gasteiger partial charge >= 0.3 is 6.09 Å². The lowest BCUT2D eigenvalue weighted by Gasteiger charge is -2.34. The van der Waals surface area contributed by atoms with Crippen molar-refractivity contribution < 1.29 is 14.1 Å². The van der Waals surface area contributed by atoms with E-state index < -0.39 is 17.2 Å². The third-order valence-corrected chi connectivity index (χ3v) is 5.24. The number of rotatable bonds is 6. The Bertz CT molecular complexity index is 826. The van der Waals surface area contributed by atoms with E-state index in [2.05, 4.69) is 50.7 Å². The minimum absolute atomic E-state index is 0.444. The maximum Gasteiger partial charge on any atom is 0.408 e. The van der Waals surface area contributed by atoms with Crippen molar-refractivity contribution in [2.24, 2.45) is 0 Å². The van der Waals surface area contributed by atoms with E-state index in [-0.39, 0.29) is 0 Å². The summed E-state index contributed by atoms with van der Waals surface area (Å²) in [5.74, 6) is 1.02. The normalized spacial score (nSPS) is 18.2. The zero-order valence-electron chi connectivity index (χ0n) is 18.8. The first kappa shape index (κ1) is 22.3. The maximum absolute atomic E-state index is 12.2. The van der Waals surface area contributed by atoms with Crippen molar-refractivity contribution >= 4 is 6.09 Å². The van der Waals surface area contributed by atoms with Gasteiger partial charge in [-0.2, -0.15) is 4.98 Å². The topological polar surface area (TPSA) is 80.5 Å². The SMILES string of the molecule is CC(C)(C)OC(=O)NC(C)(C)c1noc(CN2CCCCC2Cc2ccccc2)n1. The molecule has 1 atom stereocenters. The molecule has 1 aliphatic heterocycles. The van der Waals surface area contributed by atoms with E-state index in [0.717, 1.165) is 13.0 Å². The van der Waals surface area contributed by atoms with Crippen LogP contribution in [0.2, 0.25) is 0 Å². The molecule has 1 amide bonds. The summed E-state index contributed by atoms with van der Waals surface area (Å²) in [5.41, 5.74) is -0.0108. The highest BCUT2D eigenvalue weighted by Gasteiger charge is 2.32. The highest BCUT2D eigenvalue weighted by atomic mass is 16.6. The minimum Gasteiger partial charge on any atom is -0.444 e. The fourth-order valence-electron chi connectivity index (χ4n) is 3.75. The van der Waals surface area contributed by atoms with Gasteiger partial charge < -0.3 is 14.6 Å². The molecule has 2 aromatic rings. The number of aromatic nitrogens is 2. The van der Waals surface area contributed by atoms with Gasteiger partial charge in [0.25, 0.3) is 0 Å². The summed E-state index contributed by atoms with van der Waals surface area (Å²) in [6, 6.07) is 11.1. The smallest absolute Gasteiger partial charge is 0.408 e. The van der Waals surface area contributed by atoms with Crippen LogP contribution in [0.25, 0.3) is 0 Å². The average Bonchev–Trinajstić information content (AvgIpc) is 3.12. The second kappa shape index (κ2) is 9.16. The third kappa shape index (κ3) is 6.29. The lowest BCUT2D eigenvalue weighted by atomic mass is 9.95. The molecule has 0 aliphatic carbocycles. The van der Waals surface area contributed by atoms with Crippen LogP contribution in [0.5, 0.6) is 0 Å². The number of carbonyl (C=O) groups excluding carboxylic acids is 1. The summed E-state index contributed by atoms with van der Waals surface area (Å²) in [5, 5.41) is 6.96. The number of hydrogen-bond donors (Lipinski definition) is 1. The largest absolute Gasteiger partial charge is 0.444 e. The first-order chi connectivity index (χ1) is 14.1. The van der Waals surface area contributed by atoms with Crippen LogP contribution in [-0.4, -0.2) is 39.3 Å². The Morgan fingerprint density at radius 1 is 1.20 bits per heavy atom. The van der Waals surface area contributed by atoms with Gasteiger partial charge in [-0.15, -0.1) is 0 Å². The molecule has 7 heteroatoms. The predicted octanol–water partition coefficient (Wildman–Crippen LogP) is 4.43. The third-order valence-electron chi connectivity index (χ3n) is 5.24. The molecule has 1 saturated heterocycles. The Morgan fingerprint density at radius 3 is 2.63 bits per heavy atom. The number of piperidine rings is 1. The van der Waals surface area contributed by atoms with Gasteiger partial charge in [-0.05, 0) is 66.0 Å². The first-order valence-corrected chi connectivity index (χ1v) is 10.7. The number of nitrogens with zero attached hydrogens (tertiary/aromatic N) is 3. The Hall–Kier alpha value is -2.41. The highest BCUT2D eigenvalue weighted by Crippen LogP contribution is 2.24. The van der Waals surface area contributed by atoms with Gasteiger partial charge in [-0.25, -0.2) is 4.79 Å². The number of hydrogen-bond acceptors (Lipinski definition) is 6. The van der Waals surface area contributed by atoms with Gasteiger partial charge in [0.1, 0.15) is 11.1 Å². The number of likely N-dealkylation sites (tertiary alicyclic amines) is 1. The Morgan fingerprint density at radius 2 is 1.93 bits per heavy atom. The summed E-state index contributed by atoms with van der Waals surface area (Å²) in [4.78, 5) is 19.2. The van der Waals surface area contributed by atoms with Crippen molar-refractivity contribution in [2.45, 2.75) is 84.0 Å². The van der Waals surface area contributed by atoms with Crippen LogP contribution in [0.4, 0.5) is 4.79 Å². The summed E-state index contributed by atoms with van der Waals surface area (Å²) in [6.45, 7) is 10.8. The summed E-state index contributed by atoms with van der Waals surface area (Å²) in [6.07, 6.45) is 4.11. The number of carbonyl (C=O) groups is 1. The van der Waals surface area contributed by atoms with E-state index in [1.54, 1.807) is 0 Å². The van der Waals surface area contributed by atoms with Gasteiger partial charge in [-0.3, -0.25) is 4.90 Å².